The minimum atomic E-state index is -0.609. The number of nitriles is 1. The highest BCUT2D eigenvalue weighted by molar-refractivity contribution is 6.05. The van der Waals surface area contributed by atoms with E-state index in [2.05, 4.69) is 10.3 Å². The summed E-state index contributed by atoms with van der Waals surface area (Å²) in [4.78, 5) is 27.4. The number of carbonyl (C=O) groups is 1. The Morgan fingerprint density at radius 3 is 2.61 bits per heavy atom. The maximum Gasteiger partial charge on any atom is 0.261 e. The molecule has 3 rings (SSSR count). The molecule has 0 spiro atoms. The van der Waals surface area contributed by atoms with Gasteiger partial charge in [0.15, 0.2) is 0 Å². The van der Waals surface area contributed by atoms with Crippen LogP contribution in [0, 0.1) is 17.1 Å². The summed E-state index contributed by atoms with van der Waals surface area (Å²) in [6, 6.07) is 12.0. The summed E-state index contributed by atoms with van der Waals surface area (Å²) < 4.78 is 13.3. The van der Waals surface area contributed by atoms with Gasteiger partial charge in [0.1, 0.15) is 11.4 Å². The number of halogens is 1. The lowest BCUT2D eigenvalue weighted by molar-refractivity contribution is 0.102. The Labute approximate surface area is 130 Å². The average Bonchev–Trinajstić information content (AvgIpc) is 2.56. The number of aromatic amines is 1. The molecule has 0 saturated heterocycles. The SMILES string of the molecule is N#Cc1ccc(NC(=O)c2c[nH]c3ccc(F)cc3c2=O)cc1. The molecule has 23 heavy (non-hydrogen) atoms. The summed E-state index contributed by atoms with van der Waals surface area (Å²) >= 11 is 0. The zero-order valence-corrected chi connectivity index (χ0v) is 11.8. The van der Waals surface area contributed by atoms with E-state index in [1.165, 1.54) is 18.3 Å². The summed E-state index contributed by atoms with van der Waals surface area (Å²) in [6.07, 6.45) is 1.29. The van der Waals surface area contributed by atoms with Crippen LogP contribution >= 0.6 is 0 Å². The van der Waals surface area contributed by atoms with Crippen molar-refractivity contribution in [3.8, 4) is 6.07 Å². The molecule has 112 valence electrons. The third kappa shape index (κ3) is 2.80. The molecule has 3 aromatic rings. The Balaban J connectivity index is 1.96. The topological polar surface area (TPSA) is 85.8 Å². The van der Waals surface area contributed by atoms with Crippen molar-refractivity contribution in [2.45, 2.75) is 0 Å². The Kier molecular flexibility index (Phi) is 3.61. The van der Waals surface area contributed by atoms with E-state index in [1.807, 2.05) is 6.07 Å². The van der Waals surface area contributed by atoms with Gasteiger partial charge in [-0.3, -0.25) is 9.59 Å². The Bertz CT molecular complexity index is 1000. The van der Waals surface area contributed by atoms with Crippen molar-refractivity contribution in [1.82, 2.24) is 4.98 Å². The van der Waals surface area contributed by atoms with Crippen LogP contribution in [-0.4, -0.2) is 10.9 Å². The number of hydrogen-bond acceptors (Lipinski definition) is 3. The molecule has 0 unspecified atom stereocenters. The van der Waals surface area contributed by atoms with Crippen LogP contribution in [0.25, 0.3) is 10.9 Å². The van der Waals surface area contributed by atoms with Crippen molar-refractivity contribution in [3.05, 3.63) is 75.8 Å². The molecule has 2 aromatic carbocycles. The first-order valence-corrected chi connectivity index (χ1v) is 6.71. The summed E-state index contributed by atoms with van der Waals surface area (Å²) in [6.45, 7) is 0. The lowest BCUT2D eigenvalue weighted by Gasteiger charge is -2.06. The molecule has 1 amide bonds. The van der Waals surface area contributed by atoms with E-state index in [9.17, 15) is 14.0 Å². The summed E-state index contributed by atoms with van der Waals surface area (Å²) in [7, 11) is 0. The minimum absolute atomic E-state index is 0.109. The van der Waals surface area contributed by atoms with Gasteiger partial charge in [0, 0.05) is 22.8 Å². The molecule has 1 aromatic heterocycles. The third-order valence-corrected chi connectivity index (χ3v) is 3.36. The van der Waals surface area contributed by atoms with Gasteiger partial charge < -0.3 is 10.3 Å². The number of rotatable bonds is 2. The molecule has 5 nitrogen and oxygen atoms in total. The Hall–Kier alpha value is -3.46. The fraction of sp³-hybridized carbons (Fsp3) is 0. The standard InChI is InChI=1S/C17H10FN3O2/c18-11-3-6-15-13(7-11)16(22)14(9-20-15)17(23)21-12-4-1-10(8-19)2-5-12/h1-7,9H,(H,20,22)(H,21,23). The fourth-order valence-corrected chi connectivity index (χ4v) is 2.19. The lowest BCUT2D eigenvalue weighted by atomic mass is 10.1. The molecule has 2 N–H and O–H groups in total. The molecular weight excluding hydrogens is 297 g/mol. The van der Waals surface area contributed by atoms with Gasteiger partial charge in [-0.2, -0.15) is 5.26 Å². The minimum Gasteiger partial charge on any atom is -0.360 e. The van der Waals surface area contributed by atoms with E-state index in [-0.39, 0.29) is 10.9 Å². The van der Waals surface area contributed by atoms with Crippen LogP contribution in [0.4, 0.5) is 10.1 Å². The number of anilines is 1. The second-order valence-electron chi connectivity index (χ2n) is 4.86. The van der Waals surface area contributed by atoms with E-state index in [0.717, 1.165) is 6.07 Å². The van der Waals surface area contributed by atoms with Gasteiger partial charge in [-0.05, 0) is 42.5 Å². The molecule has 0 atom stereocenters. The molecule has 0 saturated carbocycles. The highest BCUT2D eigenvalue weighted by Gasteiger charge is 2.13. The summed E-state index contributed by atoms with van der Waals surface area (Å²) in [5, 5.41) is 11.4. The van der Waals surface area contributed by atoms with Gasteiger partial charge in [0.25, 0.3) is 5.91 Å². The lowest BCUT2D eigenvalue weighted by Crippen LogP contribution is -2.22. The number of aromatic nitrogens is 1. The number of pyridine rings is 1. The number of fused-ring (bicyclic) bond motifs is 1. The van der Waals surface area contributed by atoms with Crippen molar-refractivity contribution in [2.75, 3.05) is 5.32 Å². The number of nitrogens with zero attached hydrogens (tertiary/aromatic N) is 1. The third-order valence-electron chi connectivity index (χ3n) is 3.36. The monoisotopic (exact) mass is 307 g/mol. The molecule has 6 heteroatoms. The van der Waals surface area contributed by atoms with E-state index in [0.29, 0.717) is 16.8 Å². The Morgan fingerprint density at radius 2 is 1.91 bits per heavy atom. The van der Waals surface area contributed by atoms with Gasteiger partial charge in [-0.15, -0.1) is 0 Å². The number of hydrogen-bond donors (Lipinski definition) is 2. The molecule has 0 aliphatic heterocycles. The van der Waals surface area contributed by atoms with Crippen LogP contribution in [0.15, 0.2) is 53.5 Å². The maximum absolute atomic E-state index is 13.3. The zero-order valence-electron chi connectivity index (χ0n) is 11.8. The quantitative estimate of drug-likeness (QED) is 0.763. The fourth-order valence-electron chi connectivity index (χ4n) is 2.19. The van der Waals surface area contributed by atoms with Crippen LogP contribution in [0.2, 0.25) is 0 Å². The van der Waals surface area contributed by atoms with Gasteiger partial charge in [0.05, 0.1) is 11.6 Å². The van der Waals surface area contributed by atoms with Gasteiger partial charge in [-0.25, -0.2) is 4.39 Å². The van der Waals surface area contributed by atoms with Crippen LogP contribution < -0.4 is 10.7 Å². The number of carbonyl (C=O) groups excluding carboxylic acids is 1. The molecule has 0 bridgehead atoms. The van der Waals surface area contributed by atoms with E-state index >= 15 is 0 Å². The van der Waals surface area contributed by atoms with E-state index < -0.39 is 17.2 Å². The van der Waals surface area contributed by atoms with Crippen LogP contribution in [-0.2, 0) is 0 Å². The molecule has 0 aliphatic rings. The number of amides is 1. The zero-order chi connectivity index (χ0) is 16.4. The normalized spacial score (nSPS) is 10.3. The second-order valence-corrected chi connectivity index (χ2v) is 4.86. The van der Waals surface area contributed by atoms with Crippen LogP contribution in [0.3, 0.4) is 0 Å². The number of nitrogens with one attached hydrogen (secondary N) is 2. The Morgan fingerprint density at radius 1 is 1.17 bits per heavy atom. The van der Waals surface area contributed by atoms with Crippen molar-refractivity contribution in [3.63, 3.8) is 0 Å². The largest absolute Gasteiger partial charge is 0.360 e. The predicted octanol–water partition coefficient (Wildman–Crippen LogP) is 2.79. The summed E-state index contributed by atoms with van der Waals surface area (Å²) in [5.74, 6) is -1.16. The van der Waals surface area contributed by atoms with Crippen molar-refractivity contribution < 1.29 is 9.18 Å². The van der Waals surface area contributed by atoms with Gasteiger partial charge in [-0.1, -0.05) is 0 Å². The predicted molar refractivity (Wildman–Crippen MR) is 83.6 cm³/mol. The average molecular weight is 307 g/mol. The molecule has 1 heterocycles. The van der Waals surface area contributed by atoms with E-state index in [4.69, 9.17) is 5.26 Å². The van der Waals surface area contributed by atoms with Gasteiger partial charge in [0.2, 0.25) is 5.43 Å². The van der Waals surface area contributed by atoms with Gasteiger partial charge >= 0.3 is 0 Å². The van der Waals surface area contributed by atoms with Crippen LogP contribution in [0.1, 0.15) is 15.9 Å². The molecule has 0 radical (unpaired) electrons. The highest BCUT2D eigenvalue weighted by Crippen LogP contribution is 2.12. The van der Waals surface area contributed by atoms with Crippen LogP contribution in [0.5, 0.6) is 0 Å². The van der Waals surface area contributed by atoms with E-state index in [1.54, 1.807) is 24.3 Å². The van der Waals surface area contributed by atoms with Crippen molar-refractivity contribution in [2.24, 2.45) is 0 Å². The molecule has 0 aliphatic carbocycles. The highest BCUT2D eigenvalue weighted by atomic mass is 19.1. The maximum atomic E-state index is 13.3. The second kappa shape index (κ2) is 5.73. The first-order valence-electron chi connectivity index (χ1n) is 6.71. The first kappa shape index (κ1) is 14.5. The molecule has 0 fully saturated rings. The van der Waals surface area contributed by atoms with Crippen molar-refractivity contribution >= 4 is 22.5 Å². The molecular formula is C17H10FN3O2. The number of benzene rings is 2. The smallest absolute Gasteiger partial charge is 0.261 e. The first-order chi connectivity index (χ1) is 11.1. The number of H-pyrrole nitrogens is 1. The summed E-state index contributed by atoms with van der Waals surface area (Å²) in [5.41, 5.74) is 0.693. The van der Waals surface area contributed by atoms with Crippen molar-refractivity contribution in [1.29, 1.82) is 5.26 Å².